The van der Waals surface area contributed by atoms with E-state index in [2.05, 4.69) is 26.1 Å². The maximum atomic E-state index is 15.4. The zero-order valence-corrected chi connectivity index (χ0v) is 25.5. The van der Waals surface area contributed by atoms with E-state index in [1.807, 2.05) is 20.8 Å². The van der Waals surface area contributed by atoms with Crippen LogP contribution in [0.15, 0.2) is 64.3 Å². The van der Waals surface area contributed by atoms with E-state index in [9.17, 15) is 23.9 Å². The van der Waals surface area contributed by atoms with Crippen LogP contribution < -0.4 is 31.9 Å². The van der Waals surface area contributed by atoms with Crippen molar-refractivity contribution in [3.8, 4) is 11.4 Å². The molecule has 1 aliphatic rings. The van der Waals surface area contributed by atoms with Crippen molar-refractivity contribution in [2.45, 2.75) is 38.9 Å². The molecule has 13 nitrogen and oxygen atoms in total. The van der Waals surface area contributed by atoms with Gasteiger partial charge in [-0.25, -0.2) is 18.1 Å². The van der Waals surface area contributed by atoms with Crippen LogP contribution in [0.1, 0.15) is 36.7 Å². The number of carbonyl (C=O) groups excluding carboxylic acids is 1. The molecule has 3 heterocycles. The molecule has 242 valence electrons. The standard InChI is InChI=1S/C31H33F2N7O6/c1-17-13-24(25-26(34-17)37-38-27(25)36-31(2,3)16-45-4)46-23-10-7-19(14-22(23)33)35-28(42)21-15-39(11-12-41)30(44)40(29(21)43)20-8-5-18(32)6-9-20/h5-10,13-15,17,41H,11-12,16H2,1-4H3,(H,35,42)(H3,34,36,37,38). The summed E-state index contributed by atoms with van der Waals surface area (Å²) in [5.41, 5.74) is -2.16. The Kier molecular flexibility index (Phi) is 9.07. The maximum absolute atomic E-state index is 15.4. The van der Waals surface area contributed by atoms with E-state index in [0.29, 0.717) is 34.1 Å². The molecule has 1 atom stereocenters. The van der Waals surface area contributed by atoms with Gasteiger partial charge in [-0.2, -0.15) is 5.10 Å². The third kappa shape index (κ3) is 6.69. The number of aromatic nitrogens is 4. The Morgan fingerprint density at radius 3 is 2.57 bits per heavy atom. The number of anilines is 3. The number of hydrogen-bond acceptors (Lipinski definition) is 9. The summed E-state index contributed by atoms with van der Waals surface area (Å²) in [6, 6.07) is 8.10. The molecule has 0 saturated heterocycles. The molecule has 0 aliphatic carbocycles. The van der Waals surface area contributed by atoms with Gasteiger partial charge >= 0.3 is 5.69 Å². The number of hydrogen-bond donors (Lipinski definition) is 5. The van der Waals surface area contributed by atoms with Crippen LogP contribution in [0, 0.1) is 11.6 Å². The highest BCUT2D eigenvalue weighted by Crippen LogP contribution is 2.37. The lowest BCUT2D eigenvalue weighted by Crippen LogP contribution is -2.42. The summed E-state index contributed by atoms with van der Waals surface area (Å²) in [4.78, 5) is 39.5. The molecule has 0 radical (unpaired) electrons. The van der Waals surface area contributed by atoms with Gasteiger partial charge in [0, 0.05) is 31.1 Å². The SMILES string of the molecule is COCC(C)(C)Nc1[nH]nc2c1C(Oc1ccc(NC(=O)c3cn(CCO)c(=O)n(-c4ccc(F)cc4)c3=O)cc1F)=CC(C)N2. The van der Waals surface area contributed by atoms with Crippen LogP contribution in [-0.4, -0.2) is 62.2 Å². The number of aliphatic hydroxyl groups excluding tert-OH is 1. The van der Waals surface area contributed by atoms with Gasteiger partial charge in [0.15, 0.2) is 17.4 Å². The number of aliphatic hydroxyl groups is 1. The van der Waals surface area contributed by atoms with Crippen LogP contribution in [0.25, 0.3) is 11.4 Å². The average molecular weight is 638 g/mol. The van der Waals surface area contributed by atoms with Gasteiger partial charge in [-0.1, -0.05) is 0 Å². The largest absolute Gasteiger partial charge is 0.454 e. The first-order valence-electron chi connectivity index (χ1n) is 14.3. The molecule has 0 fully saturated rings. The molecule has 2 aromatic carbocycles. The van der Waals surface area contributed by atoms with Crippen molar-refractivity contribution in [2.75, 3.05) is 36.3 Å². The molecule has 1 unspecified atom stereocenters. The van der Waals surface area contributed by atoms with Gasteiger partial charge in [0.1, 0.15) is 28.5 Å². The van der Waals surface area contributed by atoms with Gasteiger partial charge in [-0.3, -0.25) is 19.3 Å². The van der Waals surface area contributed by atoms with Crippen molar-refractivity contribution >= 4 is 29.0 Å². The van der Waals surface area contributed by atoms with Gasteiger partial charge in [-0.05, 0) is 63.2 Å². The lowest BCUT2D eigenvalue weighted by molar-refractivity contribution is 0.102. The molecule has 0 spiro atoms. The van der Waals surface area contributed by atoms with Crippen molar-refractivity contribution in [1.29, 1.82) is 0 Å². The van der Waals surface area contributed by atoms with Gasteiger partial charge in [-0.15, -0.1) is 0 Å². The van der Waals surface area contributed by atoms with Gasteiger partial charge in [0.25, 0.3) is 11.5 Å². The fourth-order valence-corrected chi connectivity index (χ4v) is 4.99. The molecule has 15 heteroatoms. The van der Waals surface area contributed by atoms with Crippen LogP contribution >= 0.6 is 0 Å². The minimum Gasteiger partial charge on any atom is -0.454 e. The number of ether oxygens (including phenoxy) is 2. The Morgan fingerprint density at radius 2 is 1.89 bits per heavy atom. The Morgan fingerprint density at radius 1 is 1.15 bits per heavy atom. The lowest BCUT2D eigenvalue weighted by Gasteiger charge is -2.27. The smallest absolute Gasteiger partial charge is 0.335 e. The zero-order valence-electron chi connectivity index (χ0n) is 25.5. The molecule has 4 aromatic rings. The van der Waals surface area contributed by atoms with E-state index < -0.39 is 46.5 Å². The van der Waals surface area contributed by atoms with Crippen LogP contribution in [-0.2, 0) is 11.3 Å². The topological polar surface area (TPSA) is 165 Å². The lowest BCUT2D eigenvalue weighted by atomic mass is 10.1. The second-order valence-electron chi connectivity index (χ2n) is 11.3. The molecule has 1 amide bonds. The van der Waals surface area contributed by atoms with E-state index in [0.717, 1.165) is 29.0 Å². The summed E-state index contributed by atoms with van der Waals surface area (Å²) in [5.74, 6) is -1.07. The summed E-state index contributed by atoms with van der Waals surface area (Å²) in [7, 11) is 1.60. The molecule has 1 aliphatic heterocycles. The number of nitrogens with zero attached hydrogens (tertiary/aromatic N) is 3. The quantitative estimate of drug-likeness (QED) is 0.166. The minimum atomic E-state index is -0.982. The van der Waals surface area contributed by atoms with E-state index in [1.165, 1.54) is 24.3 Å². The number of H-pyrrole nitrogens is 1. The predicted octanol–water partition coefficient (Wildman–Crippen LogP) is 3.32. The number of carbonyl (C=O) groups is 1. The van der Waals surface area contributed by atoms with Gasteiger partial charge in [0.05, 0.1) is 31.0 Å². The number of amides is 1. The molecular formula is C31H33F2N7O6. The Hall–Kier alpha value is -5.28. The van der Waals surface area contributed by atoms with Crippen LogP contribution in [0.2, 0.25) is 0 Å². The van der Waals surface area contributed by atoms with E-state index in [1.54, 1.807) is 13.2 Å². The fraction of sp³-hybridized carbons (Fsp3) is 0.290. The van der Waals surface area contributed by atoms with E-state index in [4.69, 9.17) is 9.47 Å². The summed E-state index contributed by atoms with van der Waals surface area (Å²) >= 11 is 0. The average Bonchev–Trinajstić information content (AvgIpc) is 3.38. The highest BCUT2D eigenvalue weighted by molar-refractivity contribution is 6.04. The van der Waals surface area contributed by atoms with Crippen molar-refractivity contribution in [1.82, 2.24) is 19.3 Å². The van der Waals surface area contributed by atoms with E-state index >= 15 is 4.39 Å². The first-order chi connectivity index (χ1) is 21.9. The van der Waals surface area contributed by atoms with Gasteiger partial charge in [0.2, 0.25) is 0 Å². The molecule has 5 N–H and O–H groups in total. The summed E-state index contributed by atoms with van der Waals surface area (Å²) in [5, 5.41) is 25.7. The Balaban J connectivity index is 1.41. The fourth-order valence-electron chi connectivity index (χ4n) is 4.99. The molecular weight excluding hydrogens is 604 g/mol. The normalized spacial score (nSPS) is 14.2. The van der Waals surface area contributed by atoms with Crippen molar-refractivity contribution in [2.24, 2.45) is 0 Å². The maximum Gasteiger partial charge on any atom is 0.335 e. The third-order valence-electron chi connectivity index (χ3n) is 6.98. The first kappa shape index (κ1) is 32.1. The Bertz CT molecular complexity index is 1910. The van der Waals surface area contributed by atoms with Crippen LogP contribution in [0.4, 0.5) is 26.1 Å². The van der Waals surface area contributed by atoms with Gasteiger partial charge < -0.3 is 30.5 Å². The molecule has 2 aromatic heterocycles. The first-order valence-corrected chi connectivity index (χ1v) is 14.3. The minimum absolute atomic E-state index is 0.00261. The molecule has 46 heavy (non-hydrogen) atoms. The number of nitrogens with one attached hydrogen (secondary N) is 4. The second kappa shape index (κ2) is 13.0. The van der Waals surface area contributed by atoms with E-state index in [-0.39, 0.29) is 29.7 Å². The van der Waals surface area contributed by atoms with Crippen molar-refractivity contribution in [3.05, 3.63) is 98.3 Å². The number of aromatic amines is 1. The third-order valence-corrected chi connectivity index (χ3v) is 6.98. The highest BCUT2D eigenvalue weighted by atomic mass is 19.1. The van der Waals surface area contributed by atoms with Crippen LogP contribution in [0.3, 0.4) is 0 Å². The van der Waals surface area contributed by atoms with Crippen LogP contribution in [0.5, 0.6) is 5.75 Å². The second-order valence-corrected chi connectivity index (χ2v) is 11.3. The summed E-state index contributed by atoms with van der Waals surface area (Å²) < 4.78 is 41.9. The van der Waals surface area contributed by atoms with Crippen molar-refractivity contribution < 1.29 is 28.2 Å². The Labute approximate surface area is 261 Å². The summed E-state index contributed by atoms with van der Waals surface area (Å²) in [6.07, 6.45) is 2.78. The molecule has 0 saturated carbocycles. The number of methoxy groups -OCH3 is 1. The number of rotatable bonds is 11. The molecule has 0 bridgehead atoms. The monoisotopic (exact) mass is 637 g/mol. The number of fused-ring (bicyclic) bond motifs is 1. The summed E-state index contributed by atoms with van der Waals surface area (Å²) in [6.45, 7) is 5.49. The highest BCUT2D eigenvalue weighted by Gasteiger charge is 2.29. The number of benzene rings is 2. The van der Waals surface area contributed by atoms with Crippen molar-refractivity contribution in [3.63, 3.8) is 0 Å². The zero-order chi connectivity index (χ0) is 33.2. The number of halogens is 2. The molecule has 5 rings (SSSR count). The predicted molar refractivity (Wildman–Crippen MR) is 168 cm³/mol.